The first-order valence-corrected chi connectivity index (χ1v) is 9.44. The van der Waals surface area contributed by atoms with Gasteiger partial charge in [0.2, 0.25) is 0 Å². The quantitative estimate of drug-likeness (QED) is 0.639. The Hall–Kier alpha value is -2.31. The molecule has 1 aliphatic rings. The molecule has 4 rings (SSSR count). The maximum atomic E-state index is 14.3. The maximum absolute atomic E-state index is 14.3. The summed E-state index contributed by atoms with van der Waals surface area (Å²) in [5.74, 6) is -0.561. The standard InChI is InChI=1S/C20H18F2N2OS/c21-14-7-9-15(10-8-14)23-20-24(12-16-4-3-11-25-16)19(13-26-20)17-5-1-2-6-18(17)22/h1-2,5-10,13,16H,3-4,11-12H2/t16-/m0/s1. The fraction of sp³-hybridized carbons (Fsp3) is 0.250. The van der Waals surface area contributed by atoms with Crippen LogP contribution in [-0.2, 0) is 11.3 Å². The molecule has 3 aromatic rings. The second-order valence-electron chi connectivity index (χ2n) is 6.22. The number of ether oxygens (including phenoxy) is 1. The summed E-state index contributed by atoms with van der Waals surface area (Å²) in [6, 6.07) is 12.8. The van der Waals surface area contributed by atoms with Crippen LogP contribution in [0.3, 0.4) is 0 Å². The molecule has 0 unspecified atom stereocenters. The molecule has 26 heavy (non-hydrogen) atoms. The molecule has 0 saturated carbocycles. The Balaban J connectivity index is 1.81. The molecule has 0 amide bonds. The maximum Gasteiger partial charge on any atom is 0.190 e. The first-order valence-electron chi connectivity index (χ1n) is 8.56. The molecule has 1 aliphatic heterocycles. The molecule has 0 spiro atoms. The molecule has 2 aromatic carbocycles. The number of nitrogens with zero attached hydrogens (tertiary/aromatic N) is 2. The number of hydrogen-bond acceptors (Lipinski definition) is 3. The number of hydrogen-bond donors (Lipinski definition) is 0. The van der Waals surface area contributed by atoms with Gasteiger partial charge in [-0.3, -0.25) is 0 Å². The number of benzene rings is 2. The molecule has 1 fully saturated rings. The van der Waals surface area contributed by atoms with Gasteiger partial charge in [0.15, 0.2) is 4.80 Å². The van der Waals surface area contributed by atoms with E-state index in [1.54, 1.807) is 24.3 Å². The van der Waals surface area contributed by atoms with Crippen molar-refractivity contribution in [2.24, 2.45) is 4.99 Å². The minimum absolute atomic E-state index is 0.0993. The van der Waals surface area contributed by atoms with Crippen molar-refractivity contribution < 1.29 is 13.5 Å². The summed E-state index contributed by atoms with van der Waals surface area (Å²) in [6.07, 6.45) is 2.12. The topological polar surface area (TPSA) is 26.5 Å². The zero-order chi connectivity index (χ0) is 17.9. The van der Waals surface area contributed by atoms with E-state index in [0.717, 1.165) is 29.9 Å². The largest absolute Gasteiger partial charge is 0.376 e. The number of thiazole rings is 1. The summed E-state index contributed by atoms with van der Waals surface area (Å²) in [4.78, 5) is 5.38. The normalized spacial score (nSPS) is 17.8. The smallest absolute Gasteiger partial charge is 0.190 e. The van der Waals surface area contributed by atoms with Crippen molar-refractivity contribution in [3.05, 3.63) is 70.3 Å². The van der Waals surface area contributed by atoms with E-state index >= 15 is 0 Å². The van der Waals surface area contributed by atoms with Crippen LogP contribution in [0.5, 0.6) is 0 Å². The Morgan fingerprint density at radius 2 is 1.92 bits per heavy atom. The lowest BCUT2D eigenvalue weighted by molar-refractivity contribution is 0.0967. The van der Waals surface area contributed by atoms with Gasteiger partial charge in [-0.2, -0.15) is 0 Å². The summed E-state index contributed by atoms with van der Waals surface area (Å²) in [7, 11) is 0. The highest BCUT2D eigenvalue weighted by Gasteiger charge is 2.20. The molecule has 1 atom stereocenters. The van der Waals surface area contributed by atoms with Crippen LogP contribution in [0.2, 0.25) is 0 Å². The molecule has 0 bridgehead atoms. The van der Waals surface area contributed by atoms with Crippen LogP contribution in [0, 0.1) is 11.6 Å². The first kappa shape index (κ1) is 17.1. The molecule has 0 radical (unpaired) electrons. The Labute approximate surface area is 154 Å². The van der Waals surface area contributed by atoms with E-state index in [-0.39, 0.29) is 17.7 Å². The minimum Gasteiger partial charge on any atom is -0.376 e. The van der Waals surface area contributed by atoms with Gasteiger partial charge in [-0.1, -0.05) is 12.1 Å². The molecule has 1 saturated heterocycles. The van der Waals surface area contributed by atoms with E-state index in [4.69, 9.17) is 4.74 Å². The van der Waals surface area contributed by atoms with Crippen LogP contribution in [0.15, 0.2) is 58.9 Å². The van der Waals surface area contributed by atoms with E-state index in [0.29, 0.717) is 17.8 Å². The Kier molecular flexibility index (Phi) is 4.95. The van der Waals surface area contributed by atoms with Gasteiger partial charge in [0.25, 0.3) is 0 Å². The van der Waals surface area contributed by atoms with Crippen LogP contribution >= 0.6 is 11.3 Å². The highest BCUT2D eigenvalue weighted by atomic mass is 32.1. The van der Waals surface area contributed by atoms with E-state index in [2.05, 4.69) is 4.99 Å². The molecule has 134 valence electrons. The van der Waals surface area contributed by atoms with Crippen LogP contribution in [0.1, 0.15) is 12.8 Å². The molecule has 3 nitrogen and oxygen atoms in total. The second-order valence-corrected chi connectivity index (χ2v) is 7.05. The highest BCUT2D eigenvalue weighted by Crippen LogP contribution is 2.25. The highest BCUT2D eigenvalue weighted by molar-refractivity contribution is 7.07. The van der Waals surface area contributed by atoms with Crippen LogP contribution in [0.4, 0.5) is 14.5 Å². The molecule has 6 heteroatoms. The van der Waals surface area contributed by atoms with Crippen LogP contribution in [-0.4, -0.2) is 17.3 Å². The molecular formula is C20H18F2N2OS. The Bertz CT molecular complexity index is 956. The summed E-state index contributed by atoms with van der Waals surface area (Å²) < 4.78 is 35.2. The van der Waals surface area contributed by atoms with E-state index in [1.165, 1.54) is 29.5 Å². The van der Waals surface area contributed by atoms with Crippen LogP contribution in [0.25, 0.3) is 11.3 Å². The molecule has 0 aliphatic carbocycles. The van der Waals surface area contributed by atoms with Gasteiger partial charge in [-0.05, 0) is 49.2 Å². The molecule has 0 N–H and O–H groups in total. The zero-order valence-corrected chi connectivity index (χ0v) is 14.9. The van der Waals surface area contributed by atoms with E-state index < -0.39 is 0 Å². The molecule has 1 aromatic heterocycles. The van der Waals surface area contributed by atoms with Crippen LogP contribution < -0.4 is 4.80 Å². The van der Waals surface area contributed by atoms with Gasteiger partial charge in [0.05, 0.1) is 24.0 Å². The number of aromatic nitrogens is 1. The summed E-state index contributed by atoms with van der Waals surface area (Å²) in [5, 5.41) is 1.91. The molecule has 2 heterocycles. The average molecular weight is 372 g/mol. The third-order valence-electron chi connectivity index (χ3n) is 4.41. The van der Waals surface area contributed by atoms with Crippen molar-refractivity contribution in [1.82, 2.24) is 4.57 Å². The zero-order valence-electron chi connectivity index (χ0n) is 14.1. The fourth-order valence-electron chi connectivity index (χ4n) is 3.10. The summed E-state index contributed by atoms with van der Waals surface area (Å²) >= 11 is 1.44. The predicted molar refractivity (Wildman–Crippen MR) is 98.3 cm³/mol. The van der Waals surface area contributed by atoms with E-state index in [1.807, 2.05) is 16.0 Å². The van der Waals surface area contributed by atoms with Gasteiger partial charge in [0.1, 0.15) is 11.6 Å². The molecular weight excluding hydrogens is 354 g/mol. The van der Waals surface area contributed by atoms with Crippen molar-refractivity contribution in [2.75, 3.05) is 6.61 Å². The third-order valence-corrected chi connectivity index (χ3v) is 5.27. The summed E-state index contributed by atoms with van der Waals surface area (Å²) in [5.41, 5.74) is 1.99. The monoisotopic (exact) mass is 372 g/mol. The Morgan fingerprint density at radius 1 is 1.12 bits per heavy atom. The predicted octanol–water partition coefficient (Wildman–Crippen LogP) is 4.91. The van der Waals surface area contributed by atoms with Crippen molar-refractivity contribution in [3.63, 3.8) is 0 Å². The second kappa shape index (κ2) is 7.51. The lowest BCUT2D eigenvalue weighted by atomic mass is 10.1. The SMILES string of the molecule is Fc1ccc(N=c2scc(-c3ccccc3F)n2C[C@@H]2CCCO2)cc1. The van der Waals surface area contributed by atoms with E-state index in [9.17, 15) is 8.78 Å². The van der Waals surface area contributed by atoms with Crippen molar-refractivity contribution in [3.8, 4) is 11.3 Å². The van der Waals surface area contributed by atoms with Gasteiger partial charge in [0, 0.05) is 17.6 Å². The lowest BCUT2D eigenvalue weighted by Crippen LogP contribution is -2.24. The average Bonchev–Trinajstić information content (AvgIpc) is 3.29. The Morgan fingerprint density at radius 3 is 2.65 bits per heavy atom. The van der Waals surface area contributed by atoms with Gasteiger partial charge in [-0.25, -0.2) is 13.8 Å². The van der Waals surface area contributed by atoms with Gasteiger partial charge in [-0.15, -0.1) is 11.3 Å². The first-order chi connectivity index (χ1) is 12.7. The summed E-state index contributed by atoms with van der Waals surface area (Å²) in [6.45, 7) is 1.38. The number of rotatable bonds is 4. The van der Waals surface area contributed by atoms with Crippen molar-refractivity contribution in [2.45, 2.75) is 25.5 Å². The van der Waals surface area contributed by atoms with Gasteiger partial charge >= 0.3 is 0 Å². The number of halogens is 2. The third kappa shape index (κ3) is 3.61. The fourth-order valence-corrected chi connectivity index (χ4v) is 4.03. The van der Waals surface area contributed by atoms with Gasteiger partial charge < -0.3 is 9.30 Å². The van der Waals surface area contributed by atoms with Crippen molar-refractivity contribution in [1.29, 1.82) is 0 Å². The lowest BCUT2D eigenvalue weighted by Gasteiger charge is -2.14. The van der Waals surface area contributed by atoms with Crippen molar-refractivity contribution >= 4 is 17.0 Å². The minimum atomic E-state index is -0.297.